The van der Waals surface area contributed by atoms with Crippen LogP contribution in [0.2, 0.25) is 0 Å². The lowest BCUT2D eigenvalue weighted by Crippen LogP contribution is -2.29. The Morgan fingerprint density at radius 1 is 1.20 bits per heavy atom. The Balaban J connectivity index is 1.72. The Morgan fingerprint density at radius 2 is 2.04 bits per heavy atom. The SMILES string of the molecule is Nc1nccc(-n2c[c]c3ccc(C#CC4(O)CCCCC4)cc32)n1. The smallest absolute Gasteiger partial charge is 0.221 e. The Morgan fingerprint density at radius 3 is 2.84 bits per heavy atom. The number of nitrogen functional groups attached to an aromatic ring is 1. The van der Waals surface area contributed by atoms with E-state index in [4.69, 9.17) is 5.73 Å². The molecule has 0 unspecified atom stereocenters. The molecular formula is C20H19N4O. The molecule has 2 heterocycles. The van der Waals surface area contributed by atoms with Gasteiger partial charge in [-0.2, -0.15) is 4.98 Å². The monoisotopic (exact) mass is 331 g/mol. The molecule has 1 aliphatic carbocycles. The van der Waals surface area contributed by atoms with Gasteiger partial charge in [-0.3, -0.25) is 0 Å². The molecule has 125 valence electrons. The lowest BCUT2D eigenvalue weighted by atomic mass is 9.85. The van der Waals surface area contributed by atoms with Crippen molar-refractivity contribution >= 4 is 16.9 Å². The summed E-state index contributed by atoms with van der Waals surface area (Å²) in [6, 6.07) is 10.9. The fourth-order valence-electron chi connectivity index (χ4n) is 3.27. The van der Waals surface area contributed by atoms with E-state index in [0.29, 0.717) is 5.82 Å². The summed E-state index contributed by atoms with van der Waals surface area (Å²) in [5.74, 6) is 7.14. The predicted molar refractivity (Wildman–Crippen MR) is 97.0 cm³/mol. The zero-order chi connectivity index (χ0) is 17.3. The third kappa shape index (κ3) is 3.21. The van der Waals surface area contributed by atoms with E-state index in [1.165, 1.54) is 6.42 Å². The van der Waals surface area contributed by atoms with Gasteiger partial charge in [0.2, 0.25) is 5.95 Å². The topological polar surface area (TPSA) is 77.0 Å². The van der Waals surface area contributed by atoms with E-state index < -0.39 is 5.60 Å². The van der Waals surface area contributed by atoms with E-state index in [-0.39, 0.29) is 5.95 Å². The number of fused-ring (bicyclic) bond motifs is 1. The molecule has 5 heteroatoms. The van der Waals surface area contributed by atoms with Crippen LogP contribution in [0.15, 0.2) is 36.7 Å². The maximum atomic E-state index is 10.6. The van der Waals surface area contributed by atoms with Crippen LogP contribution in [0.3, 0.4) is 0 Å². The zero-order valence-corrected chi connectivity index (χ0v) is 13.9. The molecule has 3 N–H and O–H groups in total. The van der Waals surface area contributed by atoms with E-state index in [2.05, 4.69) is 27.9 Å². The van der Waals surface area contributed by atoms with Crippen LogP contribution in [0.5, 0.6) is 0 Å². The number of rotatable bonds is 1. The maximum Gasteiger partial charge on any atom is 0.221 e. The summed E-state index contributed by atoms with van der Waals surface area (Å²) in [5, 5.41) is 11.5. The molecule has 0 spiro atoms. The van der Waals surface area contributed by atoms with Crippen LogP contribution in [0, 0.1) is 17.9 Å². The van der Waals surface area contributed by atoms with Gasteiger partial charge in [0, 0.05) is 29.4 Å². The van der Waals surface area contributed by atoms with Gasteiger partial charge >= 0.3 is 0 Å². The minimum atomic E-state index is -0.845. The van der Waals surface area contributed by atoms with Crippen LogP contribution < -0.4 is 5.73 Å². The molecule has 1 radical (unpaired) electrons. The van der Waals surface area contributed by atoms with Crippen LogP contribution in [0.4, 0.5) is 5.95 Å². The Kier molecular flexibility index (Phi) is 3.90. The Bertz CT molecular complexity index is 974. The number of aliphatic hydroxyl groups is 1. The van der Waals surface area contributed by atoms with E-state index in [0.717, 1.165) is 42.1 Å². The molecular weight excluding hydrogens is 312 g/mol. The van der Waals surface area contributed by atoms with Gasteiger partial charge in [0.05, 0.1) is 5.52 Å². The highest BCUT2D eigenvalue weighted by atomic mass is 16.3. The molecule has 0 amide bonds. The first-order valence-electron chi connectivity index (χ1n) is 8.50. The molecule has 0 saturated heterocycles. The predicted octanol–water partition coefficient (Wildman–Crippen LogP) is 2.85. The highest BCUT2D eigenvalue weighted by molar-refractivity contribution is 5.82. The van der Waals surface area contributed by atoms with Gasteiger partial charge in [-0.25, -0.2) is 4.98 Å². The van der Waals surface area contributed by atoms with Crippen LogP contribution in [-0.4, -0.2) is 25.2 Å². The van der Waals surface area contributed by atoms with Crippen LogP contribution in [0.25, 0.3) is 16.7 Å². The second-order valence-corrected chi connectivity index (χ2v) is 6.49. The highest BCUT2D eigenvalue weighted by Gasteiger charge is 2.26. The molecule has 0 atom stereocenters. The third-order valence-electron chi connectivity index (χ3n) is 4.63. The number of hydrogen-bond acceptors (Lipinski definition) is 4. The average Bonchev–Trinajstić information content (AvgIpc) is 3.04. The van der Waals surface area contributed by atoms with Crippen molar-refractivity contribution in [1.29, 1.82) is 0 Å². The molecule has 5 nitrogen and oxygen atoms in total. The molecule has 1 aromatic carbocycles. The summed E-state index contributed by atoms with van der Waals surface area (Å²) in [6.07, 6.45) is 8.24. The first-order valence-corrected chi connectivity index (χ1v) is 8.50. The van der Waals surface area contributed by atoms with Crippen LogP contribution >= 0.6 is 0 Å². The van der Waals surface area contributed by atoms with Gasteiger partial charge < -0.3 is 15.4 Å². The van der Waals surface area contributed by atoms with Crippen molar-refractivity contribution in [3.05, 3.63) is 48.3 Å². The summed E-state index contributed by atoms with van der Waals surface area (Å²) in [5.41, 5.74) is 6.65. The summed E-state index contributed by atoms with van der Waals surface area (Å²) >= 11 is 0. The molecule has 4 rings (SSSR count). The maximum absolute atomic E-state index is 10.6. The molecule has 1 fully saturated rings. The minimum Gasteiger partial charge on any atom is -0.378 e. The molecule has 3 aromatic rings. The van der Waals surface area contributed by atoms with Gasteiger partial charge in [-0.05, 0) is 43.9 Å². The third-order valence-corrected chi connectivity index (χ3v) is 4.63. The lowest BCUT2D eigenvalue weighted by molar-refractivity contribution is 0.0610. The number of hydrogen-bond donors (Lipinski definition) is 2. The Labute approximate surface area is 146 Å². The van der Waals surface area contributed by atoms with Crippen molar-refractivity contribution in [2.45, 2.75) is 37.7 Å². The fraction of sp³-hybridized carbons (Fsp3) is 0.300. The van der Waals surface area contributed by atoms with Crippen molar-refractivity contribution in [3.63, 3.8) is 0 Å². The van der Waals surface area contributed by atoms with Gasteiger partial charge in [0.1, 0.15) is 11.4 Å². The van der Waals surface area contributed by atoms with Gasteiger partial charge in [0.25, 0.3) is 0 Å². The Hall–Kier alpha value is -2.84. The molecule has 0 aliphatic heterocycles. The number of benzene rings is 1. The number of nitrogens with two attached hydrogens (primary N) is 1. The van der Waals surface area contributed by atoms with Crippen molar-refractivity contribution < 1.29 is 5.11 Å². The summed E-state index contributed by atoms with van der Waals surface area (Å²) in [7, 11) is 0. The van der Waals surface area contributed by atoms with Crippen LogP contribution in [-0.2, 0) is 0 Å². The molecule has 25 heavy (non-hydrogen) atoms. The summed E-state index contributed by atoms with van der Waals surface area (Å²) in [6.45, 7) is 0. The van der Waals surface area contributed by atoms with Gasteiger partial charge in [0.15, 0.2) is 0 Å². The number of nitrogens with zero attached hydrogens (tertiary/aromatic N) is 3. The molecule has 0 bridgehead atoms. The second-order valence-electron chi connectivity index (χ2n) is 6.49. The van der Waals surface area contributed by atoms with Crippen molar-refractivity contribution in [2.24, 2.45) is 0 Å². The standard InChI is InChI=1S/C20H19N4O/c21-19-22-12-7-18(23-19)24-13-8-16-5-4-15(14-17(16)24)6-11-20(25)9-2-1-3-10-20/h4-5,7,12-14,25H,1-3,9-10H2,(H2,21,22,23). The normalized spacial score (nSPS) is 16.4. The molecule has 2 aromatic heterocycles. The van der Waals surface area contributed by atoms with E-state index >= 15 is 0 Å². The summed E-state index contributed by atoms with van der Waals surface area (Å²) in [4.78, 5) is 8.19. The second kappa shape index (κ2) is 6.23. The van der Waals surface area contributed by atoms with Crippen molar-refractivity contribution in [3.8, 4) is 17.7 Å². The quantitative estimate of drug-likeness (QED) is 0.672. The first-order chi connectivity index (χ1) is 12.1. The van der Waals surface area contributed by atoms with Gasteiger partial charge in [-0.15, -0.1) is 0 Å². The van der Waals surface area contributed by atoms with E-state index in [1.54, 1.807) is 12.3 Å². The number of anilines is 1. The zero-order valence-electron chi connectivity index (χ0n) is 13.9. The summed E-state index contributed by atoms with van der Waals surface area (Å²) < 4.78 is 1.91. The average molecular weight is 331 g/mol. The van der Waals surface area contributed by atoms with Gasteiger partial charge in [-0.1, -0.05) is 24.3 Å². The van der Waals surface area contributed by atoms with Crippen molar-refractivity contribution in [2.75, 3.05) is 5.73 Å². The van der Waals surface area contributed by atoms with Crippen molar-refractivity contribution in [1.82, 2.24) is 14.5 Å². The molecule has 1 aliphatic rings. The molecule has 1 saturated carbocycles. The largest absolute Gasteiger partial charge is 0.378 e. The van der Waals surface area contributed by atoms with Crippen LogP contribution in [0.1, 0.15) is 37.7 Å². The highest BCUT2D eigenvalue weighted by Crippen LogP contribution is 2.27. The minimum absolute atomic E-state index is 0.231. The van der Waals surface area contributed by atoms with E-state index in [9.17, 15) is 5.11 Å². The number of aromatic nitrogens is 3. The fourth-order valence-corrected chi connectivity index (χ4v) is 3.27. The van der Waals surface area contributed by atoms with E-state index in [1.807, 2.05) is 29.0 Å². The lowest BCUT2D eigenvalue weighted by Gasteiger charge is -2.26. The first kappa shape index (κ1) is 15.7.